The fraction of sp³-hybridized carbons (Fsp3) is 0.118. The molecule has 2 aromatic heterocycles. The SMILES string of the molecule is Cc1cccc(-c2nc(C(=O)NCc3ccco3)c(O)c(=O)[nH]2)c1. The summed E-state index contributed by atoms with van der Waals surface area (Å²) < 4.78 is 5.11. The van der Waals surface area contributed by atoms with Crippen molar-refractivity contribution in [3.05, 3.63) is 70.0 Å². The van der Waals surface area contributed by atoms with Crippen LogP contribution in [0.4, 0.5) is 0 Å². The lowest BCUT2D eigenvalue weighted by Crippen LogP contribution is -2.26. The highest BCUT2D eigenvalue weighted by molar-refractivity contribution is 5.95. The van der Waals surface area contributed by atoms with E-state index in [0.29, 0.717) is 11.3 Å². The molecule has 0 spiro atoms. The predicted octanol–water partition coefficient (Wildman–Crippen LogP) is 1.97. The number of aromatic nitrogens is 2. The Labute approximate surface area is 137 Å². The second kappa shape index (κ2) is 6.41. The van der Waals surface area contributed by atoms with Crippen LogP contribution in [0.1, 0.15) is 21.8 Å². The average Bonchev–Trinajstić information content (AvgIpc) is 3.08. The van der Waals surface area contributed by atoms with Crippen molar-refractivity contribution < 1.29 is 14.3 Å². The van der Waals surface area contributed by atoms with Crippen LogP contribution in [0.15, 0.2) is 51.9 Å². The summed E-state index contributed by atoms with van der Waals surface area (Å²) in [6, 6.07) is 10.7. The standard InChI is InChI=1S/C17H15N3O4/c1-10-4-2-5-11(8-10)15-19-13(14(21)17(23)20-15)16(22)18-9-12-6-3-7-24-12/h2-8,21H,9H2,1H3,(H,18,22)(H,19,20,23). The maximum absolute atomic E-state index is 12.2. The summed E-state index contributed by atoms with van der Waals surface area (Å²) in [5.41, 5.74) is 0.519. The van der Waals surface area contributed by atoms with Crippen LogP contribution in [-0.4, -0.2) is 21.0 Å². The van der Waals surface area contributed by atoms with Crippen LogP contribution in [0.25, 0.3) is 11.4 Å². The number of benzene rings is 1. The van der Waals surface area contributed by atoms with Gasteiger partial charge in [-0.05, 0) is 25.1 Å². The van der Waals surface area contributed by atoms with Crippen molar-refractivity contribution in [1.29, 1.82) is 0 Å². The molecular formula is C17H15N3O4. The first-order valence-corrected chi connectivity index (χ1v) is 7.25. The number of aromatic amines is 1. The third-order valence-corrected chi connectivity index (χ3v) is 3.40. The van der Waals surface area contributed by atoms with E-state index in [0.717, 1.165) is 5.56 Å². The second-order valence-electron chi connectivity index (χ2n) is 5.24. The molecule has 0 saturated carbocycles. The molecule has 0 fully saturated rings. The molecule has 2 heterocycles. The van der Waals surface area contributed by atoms with Crippen molar-refractivity contribution in [3.8, 4) is 17.1 Å². The van der Waals surface area contributed by atoms with Gasteiger partial charge in [-0.1, -0.05) is 23.8 Å². The Balaban J connectivity index is 1.92. The topological polar surface area (TPSA) is 108 Å². The molecule has 3 rings (SSSR count). The Bertz CT molecular complexity index is 929. The van der Waals surface area contributed by atoms with Gasteiger partial charge in [-0.2, -0.15) is 0 Å². The van der Waals surface area contributed by atoms with Crippen LogP contribution in [0.5, 0.6) is 5.75 Å². The molecule has 3 N–H and O–H groups in total. The zero-order chi connectivity index (χ0) is 17.1. The van der Waals surface area contributed by atoms with E-state index in [1.165, 1.54) is 6.26 Å². The van der Waals surface area contributed by atoms with E-state index in [1.807, 2.05) is 25.1 Å². The van der Waals surface area contributed by atoms with E-state index in [1.54, 1.807) is 18.2 Å². The number of hydrogen-bond donors (Lipinski definition) is 3. The molecule has 7 nitrogen and oxygen atoms in total. The van der Waals surface area contributed by atoms with Crippen LogP contribution in [-0.2, 0) is 6.54 Å². The van der Waals surface area contributed by atoms with Crippen LogP contribution < -0.4 is 10.9 Å². The van der Waals surface area contributed by atoms with Crippen molar-refractivity contribution in [2.24, 2.45) is 0 Å². The van der Waals surface area contributed by atoms with E-state index in [4.69, 9.17) is 4.42 Å². The molecule has 0 aliphatic carbocycles. The third kappa shape index (κ3) is 3.19. The smallest absolute Gasteiger partial charge is 0.294 e. The molecule has 7 heteroatoms. The summed E-state index contributed by atoms with van der Waals surface area (Å²) in [4.78, 5) is 30.7. The minimum absolute atomic E-state index is 0.125. The van der Waals surface area contributed by atoms with Crippen LogP contribution in [0.3, 0.4) is 0 Å². The summed E-state index contributed by atoms with van der Waals surface area (Å²) in [5, 5.41) is 12.4. The first-order valence-electron chi connectivity index (χ1n) is 7.25. The molecule has 3 aromatic rings. The van der Waals surface area contributed by atoms with Gasteiger partial charge >= 0.3 is 0 Å². The molecular weight excluding hydrogens is 310 g/mol. The van der Waals surface area contributed by atoms with Crippen molar-refractivity contribution >= 4 is 5.91 Å². The lowest BCUT2D eigenvalue weighted by molar-refractivity contribution is 0.0939. The lowest BCUT2D eigenvalue weighted by atomic mass is 10.1. The molecule has 0 bridgehead atoms. The van der Waals surface area contributed by atoms with Gasteiger partial charge < -0.3 is 19.8 Å². The quantitative estimate of drug-likeness (QED) is 0.679. The minimum Gasteiger partial charge on any atom is -0.501 e. The van der Waals surface area contributed by atoms with Gasteiger partial charge in [0.2, 0.25) is 5.75 Å². The van der Waals surface area contributed by atoms with Crippen LogP contribution >= 0.6 is 0 Å². The maximum Gasteiger partial charge on any atom is 0.294 e. The molecule has 1 aromatic carbocycles. The Kier molecular flexibility index (Phi) is 4.15. The number of aryl methyl sites for hydroxylation is 1. The molecule has 0 saturated heterocycles. The molecule has 0 aliphatic rings. The van der Waals surface area contributed by atoms with Gasteiger partial charge in [0, 0.05) is 5.56 Å². The number of nitrogens with one attached hydrogen (secondary N) is 2. The van der Waals surface area contributed by atoms with E-state index in [-0.39, 0.29) is 18.1 Å². The Morgan fingerprint density at radius 2 is 2.17 bits per heavy atom. The van der Waals surface area contributed by atoms with E-state index in [2.05, 4.69) is 15.3 Å². The normalized spacial score (nSPS) is 10.5. The summed E-state index contributed by atoms with van der Waals surface area (Å²) in [6.07, 6.45) is 1.49. The van der Waals surface area contributed by atoms with Gasteiger partial charge in [-0.25, -0.2) is 4.98 Å². The van der Waals surface area contributed by atoms with Gasteiger partial charge in [0.15, 0.2) is 5.69 Å². The van der Waals surface area contributed by atoms with Gasteiger partial charge in [0.25, 0.3) is 11.5 Å². The summed E-state index contributed by atoms with van der Waals surface area (Å²) in [6.45, 7) is 2.03. The third-order valence-electron chi connectivity index (χ3n) is 3.40. The highest BCUT2D eigenvalue weighted by Gasteiger charge is 2.18. The highest BCUT2D eigenvalue weighted by atomic mass is 16.3. The van der Waals surface area contributed by atoms with Gasteiger partial charge in [-0.15, -0.1) is 0 Å². The zero-order valence-corrected chi connectivity index (χ0v) is 12.9. The first kappa shape index (κ1) is 15.5. The number of carbonyl (C=O) groups is 1. The van der Waals surface area contributed by atoms with Gasteiger partial charge in [0.05, 0.1) is 12.8 Å². The highest BCUT2D eigenvalue weighted by Crippen LogP contribution is 2.18. The number of amides is 1. The average molecular weight is 325 g/mol. The number of hydrogen-bond acceptors (Lipinski definition) is 5. The molecule has 0 radical (unpaired) electrons. The number of aromatic hydroxyl groups is 1. The predicted molar refractivity (Wildman–Crippen MR) is 86.6 cm³/mol. The minimum atomic E-state index is -0.773. The van der Waals surface area contributed by atoms with Gasteiger partial charge in [-0.3, -0.25) is 9.59 Å². The van der Waals surface area contributed by atoms with Gasteiger partial charge in [0.1, 0.15) is 11.6 Å². The van der Waals surface area contributed by atoms with Crippen molar-refractivity contribution in [2.75, 3.05) is 0 Å². The molecule has 122 valence electrons. The Morgan fingerprint density at radius 1 is 1.33 bits per heavy atom. The fourth-order valence-electron chi connectivity index (χ4n) is 2.22. The number of nitrogens with zero attached hydrogens (tertiary/aromatic N) is 1. The number of rotatable bonds is 4. The zero-order valence-electron chi connectivity index (χ0n) is 12.9. The van der Waals surface area contributed by atoms with E-state index < -0.39 is 17.2 Å². The Morgan fingerprint density at radius 3 is 2.88 bits per heavy atom. The number of H-pyrrole nitrogens is 1. The summed E-state index contributed by atoms with van der Waals surface area (Å²) >= 11 is 0. The first-order chi connectivity index (χ1) is 11.5. The monoisotopic (exact) mass is 325 g/mol. The fourth-order valence-corrected chi connectivity index (χ4v) is 2.22. The Hall–Kier alpha value is -3.35. The second-order valence-corrected chi connectivity index (χ2v) is 5.24. The number of furan rings is 1. The van der Waals surface area contributed by atoms with Crippen LogP contribution in [0, 0.1) is 6.92 Å². The summed E-state index contributed by atoms with van der Waals surface area (Å²) in [5.74, 6) is -0.622. The summed E-state index contributed by atoms with van der Waals surface area (Å²) in [7, 11) is 0. The molecule has 0 unspecified atom stereocenters. The van der Waals surface area contributed by atoms with E-state index in [9.17, 15) is 14.7 Å². The van der Waals surface area contributed by atoms with Crippen molar-refractivity contribution in [1.82, 2.24) is 15.3 Å². The maximum atomic E-state index is 12.2. The molecule has 1 amide bonds. The molecule has 0 aliphatic heterocycles. The number of carbonyl (C=O) groups excluding carboxylic acids is 1. The molecule has 24 heavy (non-hydrogen) atoms. The van der Waals surface area contributed by atoms with Crippen molar-refractivity contribution in [2.45, 2.75) is 13.5 Å². The lowest BCUT2D eigenvalue weighted by Gasteiger charge is -2.07. The largest absolute Gasteiger partial charge is 0.501 e. The molecule has 0 atom stereocenters. The van der Waals surface area contributed by atoms with Crippen molar-refractivity contribution in [3.63, 3.8) is 0 Å². The van der Waals surface area contributed by atoms with E-state index >= 15 is 0 Å². The van der Waals surface area contributed by atoms with Crippen LogP contribution in [0.2, 0.25) is 0 Å².